The molecule has 0 spiro atoms. The van der Waals surface area contributed by atoms with Gasteiger partial charge in [-0.25, -0.2) is 0 Å². The van der Waals surface area contributed by atoms with E-state index in [0.717, 1.165) is 0 Å². The minimum atomic E-state index is -0.411. The van der Waals surface area contributed by atoms with E-state index in [2.05, 4.69) is 19.9 Å². The Bertz CT molecular complexity index is 345. The van der Waals surface area contributed by atoms with E-state index in [1.807, 2.05) is 13.8 Å². The zero-order valence-corrected chi connectivity index (χ0v) is 10.7. The fourth-order valence-electron chi connectivity index (χ4n) is 4.11. The van der Waals surface area contributed by atoms with E-state index >= 15 is 0 Å². The molecule has 0 unspecified atom stereocenters. The van der Waals surface area contributed by atoms with E-state index in [0.29, 0.717) is 11.8 Å². The van der Waals surface area contributed by atoms with E-state index in [9.17, 15) is 0 Å². The standard InChI is InChI=1S/C14H22O2/c1-9-8-10-6-5-7-11(10)14(4)12(9)15-13(2,3)16-14/h6,9,11-12H,5,7-8H2,1-4H3/t9-,11-,12-,14+/m0/s1. The molecule has 2 aliphatic carbocycles. The molecule has 3 rings (SSSR count). The highest BCUT2D eigenvalue weighted by molar-refractivity contribution is 5.25. The monoisotopic (exact) mass is 222 g/mol. The molecule has 0 aromatic carbocycles. The topological polar surface area (TPSA) is 18.5 Å². The van der Waals surface area contributed by atoms with Crippen LogP contribution in [0.5, 0.6) is 0 Å². The van der Waals surface area contributed by atoms with Gasteiger partial charge in [0.1, 0.15) is 5.60 Å². The maximum Gasteiger partial charge on any atom is 0.164 e. The summed E-state index contributed by atoms with van der Waals surface area (Å²) < 4.78 is 12.4. The molecule has 0 amide bonds. The Kier molecular flexibility index (Phi) is 2.10. The smallest absolute Gasteiger partial charge is 0.164 e. The average molecular weight is 222 g/mol. The molecule has 1 saturated heterocycles. The number of hydrogen-bond acceptors (Lipinski definition) is 2. The van der Waals surface area contributed by atoms with Crippen LogP contribution in [0.1, 0.15) is 47.0 Å². The van der Waals surface area contributed by atoms with Crippen molar-refractivity contribution in [2.45, 2.75) is 64.4 Å². The van der Waals surface area contributed by atoms with Crippen LogP contribution in [0, 0.1) is 11.8 Å². The van der Waals surface area contributed by atoms with Crippen molar-refractivity contribution in [1.82, 2.24) is 0 Å². The second kappa shape index (κ2) is 3.11. The maximum atomic E-state index is 6.26. The summed E-state index contributed by atoms with van der Waals surface area (Å²) in [6.45, 7) is 8.64. The van der Waals surface area contributed by atoms with Crippen LogP contribution in [0.2, 0.25) is 0 Å². The van der Waals surface area contributed by atoms with Gasteiger partial charge in [-0.05, 0) is 46.0 Å². The highest BCUT2D eigenvalue weighted by atomic mass is 16.8. The van der Waals surface area contributed by atoms with Crippen molar-refractivity contribution in [1.29, 1.82) is 0 Å². The summed E-state index contributed by atoms with van der Waals surface area (Å²) in [5, 5.41) is 0. The first-order valence-electron chi connectivity index (χ1n) is 6.49. The lowest BCUT2D eigenvalue weighted by atomic mass is 9.68. The fraction of sp³-hybridized carbons (Fsp3) is 0.857. The minimum absolute atomic E-state index is 0.0937. The summed E-state index contributed by atoms with van der Waals surface area (Å²) in [5.74, 6) is 0.758. The largest absolute Gasteiger partial charge is 0.344 e. The van der Waals surface area contributed by atoms with E-state index in [1.165, 1.54) is 19.3 Å². The third kappa shape index (κ3) is 1.32. The highest BCUT2D eigenvalue weighted by Gasteiger charge is 2.59. The van der Waals surface area contributed by atoms with Gasteiger partial charge in [-0.1, -0.05) is 18.6 Å². The van der Waals surface area contributed by atoms with Crippen molar-refractivity contribution in [3.05, 3.63) is 11.6 Å². The summed E-state index contributed by atoms with van der Waals surface area (Å²) >= 11 is 0. The third-order valence-corrected chi connectivity index (χ3v) is 4.52. The molecule has 4 atom stereocenters. The lowest BCUT2D eigenvalue weighted by Crippen LogP contribution is -2.50. The summed E-state index contributed by atoms with van der Waals surface area (Å²) in [5.41, 5.74) is 1.52. The molecule has 3 aliphatic rings. The quantitative estimate of drug-likeness (QED) is 0.586. The van der Waals surface area contributed by atoms with Crippen LogP contribution in [0.25, 0.3) is 0 Å². The van der Waals surface area contributed by atoms with Crippen LogP contribution in [-0.4, -0.2) is 17.5 Å². The first-order valence-corrected chi connectivity index (χ1v) is 6.49. The number of hydrogen-bond donors (Lipinski definition) is 0. The first-order chi connectivity index (χ1) is 7.42. The molecule has 2 fully saturated rings. The van der Waals surface area contributed by atoms with Gasteiger partial charge in [0.15, 0.2) is 5.79 Å². The van der Waals surface area contributed by atoms with Crippen LogP contribution in [-0.2, 0) is 9.47 Å². The molecule has 2 nitrogen and oxygen atoms in total. The van der Waals surface area contributed by atoms with Crippen molar-refractivity contribution >= 4 is 0 Å². The number of fused-ring (bicyclic) bond motifs is 3. The molecule has 1 aliphatic heterocycles. The molecule has 0 aromatic heterocycles. The fourth-order valence-corrected chi connectivity index (χ4v) is 4.11. The SMILES string of the molecule is C[C@H]1CC2=CCC[C@@H]2[C@@]2(C)OC(C)(C)O[C@@H]12. The number of allylic oxidation sites excluding steroid dienone is 1. The zero-order chi connectivity index (χ0) is 11.6. The van der Waals surface area contributed by atoms with E-state index in [1.54, 1.807) is 5.57 Å². The van der Waals surface area contributed by atoms with E-state index in [4.69, 9.17) is 9.47 Å². The van der Waals surface area contributed by atoms with Gasteiger partial charge in [-0.15, -0.1) is 0 Å². The lowest BCUT2D eigenvalue weighted by Gasteiger charge is -2.43. The van der Waals surface area contributed by atoms with E-state index < -0.39 is 5.79 Å². The van der Waals surface area contributed by atoms with E-state index in [-0.39, 0.29) is 11.7 Å². The van der Waals surface area contributed by atoms with Gasteiger partial charge in [-0.2, -0.15) is 0 Å². The van der Waals surface area contributed by atoms with Gasteiger partial charge >= 0.3 is 0 Å². The number of ether oxygens (including phenoxy) is 2. The van der Waals surface area contributed by atoms with Crippen LogP contribution < -0.4 is 0 Å². The maximum absolute atomic E-state index is 6.26. The molecule has 0 N–H and O–H groups in total. The second-order valence-corrected chi connectivity index (χ2v) is 6.31. The van der Waals surface area contributed by atoms with Crippen LogP contribution in [0.3, 0.4) is 0 Å². The van der Waals surface area contributed by atoms with Gasteiger partial charge in [0.05, 0.1) is 6.10 Å². The van der Waals surface area contributed by atoms with Crippen molar-refractivity contribution in [2.24, 2.45) is 11.8 Å². The third-order valence-electron chi connectivity index (χ3n) is 4.52. The summed E-state index contributed by atoms with van der Waals surface area (Å²) in [6.07, 6.45) is 6.36. The molecule has 90 valence electrons. The first kappa shape index (κ1) is 10.8. The Balaban J connectivity index is 2.00. The van der Waals surface area contributed by atoms with Gasteiger partial charge in [0.25, 0.3) is 0 Å². The van der Waals surface area contributed by atoms with Crippen molar-refractivity contribution in [3.63, 3.8) is 0 Å². The van der Waals surface area contributed by atoms with Crippen molar-refractivity contribution < 1.29 is 9.47 Å². The Morgan fingerprint density at radius 3 is 2.81 bits per heavy atom. The van der Waals surface area contributed by atoms with Gasteiger partial charge in [0.2, 0.25) is 0 Å². The van der Waals surface area contributed by atoms with Crippen molar-refractivity contribution in [3.8, 4) is 0 Å². The second-order valence-electron chi connectivity index (χ2n) is 6.31. The molecule has 0 bridgehead atoms. The predicted octanol–water partition coefficient (Wildman–Crippen LogP) is 3.27. The minimum Gasteiger partial charge on any atom is -0.344 e. The van der Waals surface area contributed by atoms with Crippen LogP contribution >= 0.6 is 0 Å². The normalized spacial score (nSPS) is 49.8. The highest BCUT2D eigenvalue weighted by Crippen LogP contribution is 2.54. The average Bonchev–Trinajstić information content (AvgIpc) is 2.68. The predicted molar refractivity (Wildman–Crippen MR) is 63.0 cm³/mol. The Morgan fingerprint density at radius 2 is 2.06 bits per heavy atom. The lowest BCUT2D eigenvalue weighted by molar-refractivity contribution is -0.166. The van der Waals surface area contributed by atoms with Crippen molar-refractivity contribution in [2.75, 3.05) is 0 Å². The molecule has 0 radical (unpaired) electrons. The van der Waals surface area contributed by atoms with Gasteiger partial charge in [0, 0.05) is 5.92 Å². The Hall–Kier alpha value is -0.340. The zero-order valence-electron chi connectivity index (χ0n) is 10.7. The van der Waals surface area contributed by atoms with Gasteiger partial charge < -0.3 is 9.47 Å². The summed E-state index contributed by atoms with van der Waals surface area (Å²) in [7, 11) is 0. The molecule has 16 heavy (non-hydrogen) atoms. The molecular formula is C14H22O2. The molecule has 1 heterocycles. The Morgan fingerprint density at radius 1 is 1.31 bits per heavy atom. The molecule has 1 saturated carbocycles. The Labute approximate surface area is 98.0 Å². The molecular weight excluding hydrogens is 200 g/mol. The number of rotatable bonds is 0. The molecule has 0 aromatic rings. The summed E-state index contributed by atoms with van der Waals surface area (Å²) in [6, 6.07) is 0. The van der Waals surface area contributed by atoms with Crippen LogP contribution in [0.4, 0.5) is 0 Å². The summed E-state index contributed by atoms with van der Waals surface area (Å²) in [4.78, 5) is 0. The van der Waals surface area contributed by atoms with Crippen LogP contribution in [0.15, 0.2) is 11.6 Å². The molecule has 2 heteroatoms. The van der Waals surface area contributed by atoms with Gasteiger partial charge in [-0.3, -0.25) is 0 Å².